The van der Waals surface area contributed by atoms with Gasteiger partial charge in [-0.3, -0.25) is 38.4 Å². The summed E-state index contributed by atoms with van der Waals surface area (Å²) in [5.41, 5.74) is 7.52. The molecule has 6 rings (SSSR count). The van der Waals surface area contributed by atoms with Crippen LogP contribution in [0.15, 0.2) is 73.6 Å². The summed E-state index contributed by atoms with van der Waals surface area (Å²) >= 11 is 0. The molecule has 0 radical (unpaired) electrons. The molecule has 0 saturated carbocycles. The van der Waals surface area contributed by atoms with E-state index in [1.165, 1.54) is 44.6 Å². The second kappa shape index (κ2) is 41.3. The Hall–Kier alpha value is -9.39. The second-order valence-corrected chi connectivity index (χ2v) is 20.9. The number of nitrogens with zero attached hydrogens (tertiary/aromatic N) is 8. The highest BCUT2D eigenvalue weighted by Crippen LogP contribution is 2.20. The number of imidazole rings is 3. The van der Waals surface area contributed by atoms with E-state index in [-0.39, 0.29) is 98.3 Å². The summed E-state index contributed by atoms with van der Waals surface area (Å²) in [6, 6.07) is 10.7. The number of ether oxygens (including phenoxy) is 9. The van der Waals surface area contributed by atoms with Crippen molar-refractivity contribution in [2.24, 2.45) is 41.0 Å². The van der Waals surface area contributed by atoms with Gasteiger partial charge in [-0.2, -0.15) is 0 Å². The molecule has 0 saturated heterocycles. The summed E-state index contributed by atoms with van der Waals surface area (Å²) in [6.45, 7) is 7.89. The third kappa shape index (κ3) is 27.6. The number of hydrogen-bond acceptors (Lipinski definition) is 21. The molecule has 0 fully saturated rings. The molecule has 0 unspecified atom stereocenters. The smallest absolute Gasteiger partial charge is 0.291 e. The van der Waals surface area contributed by atoms with Crippen LogP contribution in [0.4, 0.5) is 28.8 Å². The normalized spacial score (nSPS) is 11.1. The summed E-state index contributed by atoms with van der Waals surface area (Å²) in [5, 5.41) is 21.3. The minimum atomic E-state index is -0.644. The Kier molecular flexibility index (Phi) is 32.5. The molecular formula is C61H87N17O17. The maximum atomic E-state index is 13.3. The highest BCUT2D eigenvalue weighted by atomic mass is 16.6. The molecule has 34 nitrogen and oxygen atoms in total. The monoisotopic (exact) mass is 1330 g/mol. The highest BCUT2D eigenvalue weighted by Gasteiger charge is 2.21. The van der Waals surface area contributed by atoms with Crippen LogP contribution in [0.2, 0.25) is 0 Å². The summed E-state index contributed by atoms with van der Waals surface area (Å²) in [4.78, 5) is 115. The number of rotatable bonds is 47. The van der Waals surface area contributed by atoms with Gasteiger partial charge in [0.05, 0.1) is 117 Å². The van der Waals surface area contributed by atoms with E-state index in [1.807, 2.05) is 24.3 Å². The number of aromatic nitrogens is 8. The molecule has 95 heavy (non-hydrogen) atoms. The Labute approximate surface area is 548 Å². The number of amides is 8. The van der Waals surface area contributed by atoms with Gasteiger partial charge in [-0.1, -0.05) is 12.1 Å². The van der Waals surface area contributed by atoms with Gasteiger partial charge in [0.2, 0.25) is 35.3 Å². The van der Waals surface area contributed by atoms with Crippen molar-refractivity contribution in [3.63, 3.8) is 0 Å². The van der Waals surface area contributed by atoms with E-state index in [0.29, 0.717) is 124 Å². The van der Waals surface area contributed by atoms with Crippen LogP contribution in [0.1, 0.15) is 73.6 Å². The van der Waals surface area contributed by atoms with Crippen molar-refractivity contribution >= 4 is 76.1 Å². The molecule has 34 heteroatoms. The molecule has 0 aliphatic carbocycles. The molecule has 0 spiro atoms. The first-order chi connectivity index (χ1) is 46.0. The van der Waals surface area contributed by atoms with Crippen LogP contribution in [0.5, 0.6) is 5.75 Å². The van der Waals surface area contributed by atoms with Crippen LogP contribution < -0.4 is 53.0 Å². The summed E-state index contributed by atoms with van der Waals surface area (Å²) < 4.78 is 57.2. The molecule has 6 aromatic rings. The minimum absolute atomic E-state index is 0.00324. The first-order valence-corrected chi connectivity index (χ1v) is 30.7. The average Bonchev–Trinajstić information content (AvgIpc) is 1.73. The van der Waals surface area contributed by atoms with E-state index in [1.54, 1.807) is 62.8 Å². The number of anilines is 5. The van der Waals surface area contributed by atoms with Gasteiger partial charge in [-0.05, 0) is 23.8 Å². The summed E-state index contributed by atoms with van der Waals surface area (Å²) in [5.74, 6) is -2.46. The van der Waals surface area contributed by atoms with E-state index >= 15 is 0 Å². The molecule has 10 N–H and O–H groups in total. The van der Waals surface area contributed by atoms with E-state index in [2.05, 4.69) is 57.5 Å². The van der Waals surface area contributed by atoms with Crippen molar-refractivity contribution in [1.29, 1.82) is 0 Å². The zero-order valence-corrected chi connectivity index (χ0v) is 54.2. The van der Waals surface area contributed by atoms with Crippen LogP contribution in [0, 0.1) is 0 Å². The van der Waals surface area contributed by atoms with Gasteiger partial charge in [0, 0.05) is 130 Å². The van der Waals surface area contributed by atoms with Crippen molar-refractivity contribution in [3.05, 3.63) is 102 Å². The molecule has 0 aliphatic rings. The average molecular weight is 1330 g/mol. The standard InChI is InChI=1S/C61H87N17O17/c1-74-18-16-64-55(74)60(85)68-45-37-50(76(3)40-45)73-53(81)11-10-52(80)69-48-42-78(5)57(72-48)61(86)67-44-36-47(75(2)39-44)58(83)65-15-13-54(82)70-49-41-77(4)56(71-49)59(84)66-14-12-51(79)63-17-19-87-20-21-88-22-23-89-24-25-90-26-27-91-28-29-92-30-31-93-32-33-94-34-35-95-46-8-6-43(38-62)7-9-46/h6-9,16,18,36-37,39-42H,10-15,17,19-35,38,62H2,1-5H3,(H,63,79)(H,65,83)(H,66,84)(H,67,86)(H,68,85)(H,69,80)(H,70,82)(H,73,81). The number of nitrogens with one attached hydrogen (secondary N) is 8. The number of hydrogen-bond donors (Lipinski definition) is 9. The van der Waals surface area contributed by atoms with Gasteiger partial charge in [0.15, 0.2) is 17.5 Å². The molecule has 1 aromatic carbocycles. The first kappa shape index (κ1) is 74.6. The number of nitrogens with two attached hydrogens (primary N) is 1. The van der Waals surface area contributed by atoms with Crippen molar-refractivity contribution < 1.29 is 81.0 Å². The predicted octanol–water partition coefficient (Wildman–Crippen LogP) is 1.09. The van der Waals surface area contributed by atoms with Gasteiger partial charge in [0.25, 0.3) is 23.6 Å². The minimum Gasteiger partial charge on any atom is -0.491 e. The molecule has 0 bridgehead atoms. The third-order valence-corrected chi connectivity index (χ3v) is 13.4. The lowest BCUT2D eigenvalue weighted by Crippen LogP contribution is -2.33. The van der Waals surface area contributed by atoms with Crippen LogP contribution in [0.25, 0.3) is 0 Å². The van der Waals surface area contributed by atoms with E-state index in [0.717, 1.165) is 11.3 Å². The van der Waals surface area contributed by atoms with E-state index < -0.39 is 41.4 Å². The van der Waals surface area contributed by atoms with Crippen LogP contribution >= 0.6 is 0 Å². The third-order valence-electron chi connectivity index (χ3n) is 13.4. The van der Waals surface area contributed by atoms with Crippen molar-refractivity contribution in [3.8, 4) is 5.75 Å². The number of aryl methyl sites for hydroxylation is 5. The van der Waals surface area contributed by atoms with Gasteiger partial charge in [-0.15, -0.1) is 0 Å². The van der Waals surface area contributed by atoms with Crippen molar-refractivity contribution in [1.82, 2.24) is 53.7 Å². The predicted molar refractivity (Wildman–Crippen MR) is 345 cm³/mol. The zero-order chi connectivity index (χ0) is 68.2. The lowest BCUT2D eigenvalue weighted by Gasteiger charge is -2.09. The molecule has 0 atom stereocenters. The highest BCUT2D eigenvalue weighted by molar-refractivity contribution is 6.04. The quantitative estimate of drug-likeness (QED) is 0.0241. The van der Waals surface area contributed by atoms with Gasteiger partial charge < -0.3 is 114 Å². The van der Waals surface area contributed by atoms with Crippen LogP contribution in [-0.2, 0) is 98.9 Å². The fraction of sp³-hybridized carbons (Fsp3) is 0.492. The SMILES string of the molecule is Cn1cc(NC(=O)c2nccn2C)cc1NC(=O)CCC(=O)Nc1cn(C)c(C(=O)Nc2cc(C(=O)NCCC(=O)Nc3cn(C)c(C(=O)NCCC(=O)NCCOCCOCCOCCOCCOCCOCCOCCOCCOc4ccc(CN)cc4)n3)n(C)c2)n1. The van der Waals surface area contributed by atoms with E-state index in [4.69, 9.17) is 48.4 Å². The summed E-state index contributed by atoms with van der Waals surface area (Å²) in [6.07, 6.45) is 8.62. The lowest BCUT2D eigenvalue weighted by atomic mass is 10.2. The maximum Gasteiger partial charge on any atom is 0.291 e. The Morgan fingerprint density at radius 2 is 0.853 bits per heavy atom. The van der Waals surface area contributed by atoms with Gasteiger partial charge in [-0.25, -0.2) is 15.0 Å². The fourth-order valence-electron chi connectivity index (χ4n) is 8.57. The molecule has 5 heterocycles. The number of carbonyl (C=O) groups excluding carboxylic acids is 8. The van der Waals surface area contributed by atoms with Gasteiger partial charge >= 0.3 is 0 Å². The van der Waals surface area contributed by atoms with Crippen LogP contribution in [0.3, 0.4) is 0 Å². The zero-order valence-electron chi connectivity index (χ0n) is 54.2. The molecule has 5 aromatic heterocycles. The molecule has 8 amide bonds. The number of carbonyl (C=O) groups is 8. The second-order valence-electron chi connectivity index (χ2n) is 20.9. The Morgan fingerprint density at radius 3 is 1.37 bits per heavy atom. The largest absolute Gasteiger partial charge is 0.491 e. The van der Waals surface area contributed by atoms with Crippen molar-refractivity contribution in [2.45, 2.75) is 32.2 Å². The maximum absolute atomic E-state index is 13.3. The fourth-order valence-corrected chi connectivity index (χ4v) is 8.57. The van der Waals surface area contributed by atoms with Crippen molar-refractivity contribution in [2.75, 3.05) is 159 Å². The van der Waals surface area contributed by atoms with Crippen LogP contribution in [-0.4, -0.2) is 217 Å². The topological polar surface area (TPSA) is 405 Å². The molecule has 518 valence electrons. The molecular weight excluding hydrogens is 1240 g/mol. The lowest BCUT2D eigenvalue weighted by molar-refractivity contribution is -0.121. The number of benzene rings is 1. The van der Waals surface area contributed by atoms with E-state index in [9.17, 15) is 38.4 Å². The Bertz CT molecular complexity index is 3390. The Morgan fingerprint density at radius 1 is 0.411 bits per heavy atom. The first-order valence-electron chi connectivity index (χ1n) is 30.7. The Balaban J connectivity index is 0.709. The summed E-state index contributed by atoms with van der Waals surface area (Å²) in [7, 11) is 8.09. The van der Waals surface area contributed by atoms with Gasteiger partial charge in [0.1, 0.15) is 23.9 Å². The molecule has 0 aliphatic heterocycles.